The molecular formula is C17H27NO3. The molecule has 0 aromatic heterocycles. The molecule has 3 atom stereocenters. The van der Waals surface area contributed by atoms with Crippen LogP contribution in [-0.4, -0.2) is 31.5 Å². The van der Waals surface area contributed by atoms with Crippen molar-refractivity contribution in [3.63, 3.8) is 0 Å². The van der Waals surface area contributed by atoms with Gasteiger partial charge in [0.2, 0.25) is 0 Å². The number of hydrogen-bond acceptors (Lipinski definition) is 4. The lowest BCUT2D eigenvalue weighted by atomic mass is 9.91. The van der Waals surface area contributed by atoms with Crippen molar-refractivity contribution in [2.45, 2.75) is 57.7 Å². The molecule has 0 amide bonds. The van der Waals surface area contributed by atoms with Gasteiger partial charge in [-0.05, 0) is 49.9 Å². The van der Waals surface area contributed by atoms with E-state index < -0.39 is 0 Å². The lowest BCUT2D eigenvalue weighted by Gasteiger charge is -2.32. The summed E-state index contributed by atoms with van der Waals surface area (Å²) in [5, 5.41) is 13.7. The van der Waals surface area contributed by atoms with E-state index in [9.17, 15) is 5.11 Å². The number of rotatable bonds is 5. The van der Waals surface area contributed by atoms with Gasteiger partial charge in [0.25, 0.3) is 0 Å². The molecule has 2 rings (SSSR count). The molecule has 21 heavy (non-hydrogen) atoms. The molecule has 1 aliphatic carbocycles. The molecule has 1 aromatic rings. The van der Waals surface area contributed by atoms with Crippen molar-refractivity contribution in [2.75, 3.05) is 14.2 Å². The minimum atomic E-state index is -0.235. The quantitative estimate of drug-likeness (QED) is 0.876. The summed E-state index contributed by atoms with van der Waals surface area (Å²) in [7, 11) is 3.30. The van der Waals surface area contributed by atoms with Gasteiger partial charge in [0, 0.05) is 12.1 Å². The molecule has 4 nitrogen and oxygen atoms in total. The predicted molar refractivity (Wildman–Crippen MR) is 84.1 cm³/mol. The van der Waals surface area contributed by atoms with Crippen LogP contribution in [0.25, 0.3) is 0 Å². The highest BCUT2D eigenvalue weighted by Crippen LogP contribution is 2.33. The lowest BCUT2D eigenvalue weighted by molar-refractivity contribution is 0.0859. The number of aryl methyl sites for hydroxylation is 1. The molecule has 0 bridgehead atoms. The molecule has 1 aliphatic rings. The Morgan fingerprint density at radius 3 is 2.38 bits per heavy atom. The fourth-order valence-electron chi connectivity index (χ4n) is 3.18. The number of nitrogens with one attached hydrogen (secondary N) is 1. The van der Waals surface area contributed by atoms with Crippen molar-refractivity contribution in [1.29, 1.82) is 0 Å². The second kappa shape index (κ2) is 7.14. The van der Waals surface area contributed by atoms with Crippen molar-refractivity contribution in [3.05, 3.63) is 23.3 Å². The van der Waals surface area contributed by atoms with Gasteiger partial charge in [-0.25, -0.2) is 0 Å². The standard InChI is InChI=1S/C17H27NO3/c1-11-9-16(20-3)17(21-4)10-13(11)12(2)18-14-7-5-6-8-15(14)19/h9-10,12,14-15,18-19H,5-8H2,1-4H3. The minimum absolute atomic E-state index is 0.169. The van der Waals surface area contributed by atoms with Crippen molar-refractivity contribution >= 4 is 0 Å². The van der Waals surface area contributed by atoms with Gasteiger partial charge in [-0.2, -0.15) is 0 Å². The highest BCUT2D eigenvalue weighted by Gasteiger charge is 2.25. The van der Waals surface area contributed by atoms with Crippen LogP contribution >= 0.6 is 0 Å². The first-order chi connectivity index (χ1) is 10.1. The lowest BCUT2D eigenvalue weighted by Crippen LogP contribution is -2.43. The fourth-order valence-corrected chi connectivity index (χ4v) is 3.18. The van der Waals surface area contributed by atoms with Crippen LogP contribution in [0.3, 0.4) is 0 Å². The number of benzene rings is 1. The van der Waals surface area contributed by atoms with Crippen molar-refractivity contribution in [3.8, 4) is 11.5 Å². The average molecular weight is 293 g/mol. The predicted octanol–water partition coefficient (Wildman–Crippen LogP) is 2.97. The molecular weight excluding hydrogens is 266 g/mol. The van der Waals surface area contributed by atoms with Gasteiger partial charge in [-0.3, -0.25) is 0 Å². The van der Waals surface area contributed by atoms with E-state index in [1.54, 1.807) is 14.2 Å². The smallest absolute Gasteiger partial charge is 0.161 e. The normalized spacial score (nSPS) is 23.7. The van der Waals surface area contributed by atoms with Crippen LogP contribution < -0.4 is 14.8 Å². The maximum absolute atomic E-state index is 10.1. The Hall–Kier alpha value is -1.26. The molecule has 118 valence electrons. The van der Waals surface area contributed by atoms with Gasteiger partial charge < -0.3 is 19.9 Å². The Kier molecular flexibility index (Phi) is 5.48. The summed E-state index contributed by atoms with van der Waals surface area (Å²) in [4.78, 5) is 0. The summed E-state index contributed by atoms with van der Waals surface area (Å²) in [5.74, 6) is 1.50. The summed E-state index contributed by atoms with van der Waals surface area (Å²) in [5.41, 5.74) is 2.35. The monoisotopic (exact) mass is 293 g/mol. The zero-order chi connectivity index (χ0) is 15.4. The van der Waals surface area contributed by atoms with Crippen LogP contribution in [0.2, 0.25) is 0 Å². The Balaban J connectivity index is 2.16. The van der Waals surface area contributed by atoms with E-state index >= 15 is 0 Å². The van der Waals surface area contributed by atoms with Gasteiger partial charge in [-0.15, -0.1) is 0 Å². The molecule has 0 aliphatic heterocycles. The number of hydrogen-bond donors (Lipinski definition) is 2. The second-order valence-electron chi connectivity index (χ2n) is 5.91. The van der Waals surface area contributed by atoms with Crippen LogP contribution in [0, 0.1) is 6.92 Å². The van der Waals surface area contributed by atoms with Crippen LogP contribution in [0.1, 0.15) is 49.8 Å². The highest BCUT2D eigenvalue weighted by molar-refractivity contribution is 5.48. The first kappa shape index (κ1) is 16.1. The second-order valence-corrected chi connectivity index (χ2v) is 5.91. The highest BCUT2D eigenvalue weighted by atomic mass is 16.5. The molecule has 0 radical (unpaired) electrons. The zero-order valence-electron chi connectivity index (χ0n) is 13.5. The molecule has 0 spiro atoms. The van der Waals surface area contributed by atoms with Crippen LogP contribution in [0.5, 0.6) is 11.5 Å². The fraction of sp³-hybridized carbons (Fsp3) is 0.647. The molecule has 4 heteroatoms. The maximum Gasteiger partial charge on any atom is 0.161 e. The number of aliphatic hydroxyl groups is 1. The van der Waals surface area contributed by atoms with E-state index in [4.69, 9.17) is 9.47 Å². The summed E-state index contributed by atoms with van der Waals surface area (Å²) in [6.07, 6.45) is 4.02. The maximum atomic E-state index is 10.1. The molecule has 3 unspecified atom stereocenters. The largest absolute Gasteiger partial charge is 0.493 e. The Bertz CT molecular complexity index is 475. The first-order valence-corrected chi connectivity index (χ1v) is 7.73. The van der Waals surface area contributed by atoms with E-state index in [1.165, 1.54) is 12.0 Å². The third-order valence-corrected chi connectivity index (χ3v) is 4.43. The Morgan fingerprint density at radius 1 is 1.14 bits per heavy atom. The van der Waals surface area contributed by atoms with Crippen LogP contribution in [0.15, 0.2) is 12.1 Å². The summed E-state index contributed by atoms with van der Waals surface area (Å²) in [6, 6.07) is 4.38. The Labute approximate surface area is 127 Å². The van der Waals surface area contributed by atoms with Crippen molar-refractivity contribution < 1.29 is 14.6 Å². The average Bonchev–Trinajstić information content (AvgIpc) is 2.49. The summed E-state index contributed by atoms with van der Waals surface area (Å²) >= 11 is 0. The topological polar surface area (TPSA) is 50.7 Å². The van der Waals surface area contributed by atoms with E-state index in [-0.39, 0.29) is 18.2 Å². The molecule has 1 fully saturated rings. The van der Waals surface area contributed by atoms with Gasteiger partial charge >= 0.3 is 0 Å². The van der Waals surface area contributed by atoms with E-state index in [0.717, 1.165) is 36.3 Å². The van der Waals surface area contributed by atoms with Crippen LogP contribution in [-0.2, 0) is 0 Å². The summed E-state index contributed by atoms with van der Waals surface area (Å²) < 4.78 is 10.7. The van der Waals surface area contributed by atoms with E-state index in [0.29, 0.717) is 0 Å². The van der Waals surface area contributed by atoms with Gasteiger partial charge in [0.15, 0.2) is 11.5 Å². The third kappa shape index (κ3) is 3.69. The summed E-state index contributed by atoms with van der Waals surface area (Å²) in [6.45, 7) is 4.21. The van der Waals surface area contributed by atoms with Gasteiger partial charge in [0.05, 0.1) is 20.3 Å². The Morgan fingerprint density at radius 2 is 1.76 bits per heavy atom. The first-order valence-electron chi connectivity index (χ1n) is 7.73. The van der Waals surface area contributed by atoms with Crippen LogP contribution in [0.4, 0.5) is 0 Å². The number of ether oxygens (including phenoxy) is 2. The third-order valence-electron chi connectivity index (χ3n) is 4.43. The number of aliphatic hydroxyl groups excluding tert-OH is 1. The van der Waals surface area contributed by atoms with Crippen molar-refractivity contribution in [1.82, 2.24) is 5.32 Å². The molecule has 0 heterocycles. The SMILES string of the molecule is COc1cc(C)c(C(C)NC2CCCCC2O)cc1OC. The van der Waals surface area contributed by atoms with Gasteiger partial charge in [-0.1, -0.05) is 12.8 Å². The van der Waals surface area contributed by atoms with Gasteiger partial charge in [0.1, 0.15) is 0 Å². The number of methoxy groups -OCH3 is 2. The van der Waals surface area contributed by atoms with E-state index in [1.807, 2.05) is 12.1 Å². The van der Waals surface area contributed by atoms with E-state index in [2.05, 4.69) is 19.2 Å². The minimum Gasteiger partial charge on any atom is -0.493 e. The molecule has 2 N–H and O–H groups in total. The zero-order valence-corrected chi connectivity index (χ0v) is 13.5. The molecule has 1 aromatic carbocycles. The molecule has 1 saturated carbocycles. The van der Waals surface area contributed by atoms with Crippen molar-refractivity contribution in [2.24, 2.45) is 0 Å². The molecule has 0 saturated heterocycles.